The first-order chi connectivity index (χ1) is 11.0. The van der Waals surface area contributed by atoms with Gasteiger partial charge in [0.05, 0.1) is 11.7 Å². The molecule has 1 aliphatic carbocycles. The topological polar surface area (TPSA) is 60.8 Å². The molecule has 0 fully saturated rings. The van der Waals surface area contributed by atoms with Gasteiger partial charge in [0.25, 0.3) is 0 Å². The molecule has 0 unspecified atom stereocenters. The van der Waals surface area contributed by atoms with Gasteiger partial charge in [-0.15, -0.1) is 12.4 Å². The van der Waals surface area contributed by atoms with Gasteiger partial charge in [0.1, 0.15) is 0 Å². The van der Waals surface area contributed by atoms with Crippen LogP contribution in [0.5, 0.6) is 0 Å². The maximum atomic E-state index is 10.2. The van der Waals surface area contributed by atoms with E-state index in [1.165, 1.54) is 5.56 Å². The van der Waals surface area contributed by atoms with Gasteiger partial charge >= 0.3 is 5.97 Å². The number of hydrogen-bond acceptors (Lipinski definition) is 3. The van der Waals surface area contributed by atoms with E-state index in [0.29, 0.717) is 5.56 Å². The number of benzene rings is 2. The molecule has 0 spiro atoms. The summed E-state index contributed by atoms with van der Waals surface area (Å²) in [6, 6.07) is 16.8. The van der Waals surface area contributed by atoms with Crippen LogP contribution in [-0.4, -0.2) is 41.2 Å². The lowest BCUT2D eigenvalue weighted by Gasteiger charge is -2.34. The molecule has 0 heterocycles. The molecule has 0 bridgehead atoms. The van der Waals surface area contributed by atoms with Gasteiger partial charge in [-0.2, -0.15) is 0 Å². The SMILES string of the molecule is CN(C)[C@@H]1CCc2ccccc2[C@H]1O.Cl.O=C(O)c1ccccc1. The molecule has 0 saturated heterocycles. The van der Waals surface area contributed by atoms with Gasteiger partial charge in [-0.1, -0.05) is 42.5 Å². The van der Waals surface area contributed by atoms with Gasteiger partial charge in [-0.3, -0.25) is 0 Å². The molecule has 0 amide bonds. The van der Waals surface area contributed by atoms with Crippen LogP contribution >= 0.6 is 12.4 Å². The van der Waals surface area contributed by atoms with E-state index in [-0.39, 0.29) is 24.6 Å². The minimum atomic E-state index is -0.879. The fraction of sp³-hybridized carbons (Fsp3) is 0.316. The van der Waals surface area contributed by atoms with Crippen LogP contribution < -0.4 is 0 Å². The monoisotopic (exact) mass is 349 g/mol. The van der Waals surface area contributed by atoms with Gasteiger partial charge in [0.2, 0.25) is 0 Å². The summed E-state index contributed by atoms with van der Waals surface area (Å²) in [7, 11) is 4.06. The number of hydrogen-bond donors (Lipinski definition) is 2. The highest BCUT2D eigenvalue weighted by Crippen LogP contribution is 2.31. The molecule has 0 aliphatic heterocycles. The van der Waals surface area contributed by atoms with E-state index < -0.39 is 5.97 Å². The van der Waals surface area contributed by atoms with E-state index >= 15 is 0 Å². The summed E-state index contributed by atoms with van der Waals surface area (Å²) >= 11 is 0. The zero-order chi connectivity index (χ0) is 16.8. The van der Waals surface area contributed by atoms with Gasteiger partial charge in [-0.05, 0) is 50.2 Å². The quantitative estimate of drug-likeness (QED) is 0.872. The number of aryl methyl sites for hydroxylation is 1. The van der Waals surface area contributed by atoms with Crippen molar-refractivity contribution in [1.29, 1.82) is 0 Å². The highest BCUT2D eigenvalue weighted by molar-refractivity contribution is 5.87. The summed E-state index contributed by atoms with van der Waals surface area (Å²) in [5.74, 6) is -0.879. The average molecular weight is 350 g/mol. The molecule has 2 atom stereocenters. The van der Waals surface area contributed by atoms with Crippen LogP contribution in [0.3, 0.4) is 0 Å². The number of fused-ring (bicyclic) bond motifs is 1. The molecule has 4 nitrogen and oxygen atoms in total. The molecule has 1 aliphatic rings. The lowest BCUT2D eigenvalue weighted by atomic mass is 9.85. The second-order valence-electron chi connectivity index (χ2n) is 5.88. The smallest absolute Gasteiger partial charge is 0.335 e. The van der Waals surface area contributed by atoms with Crippen molar-refractivity contribution in [3.05, 3.63) is 71.3 Å². The van der Waals surface area contributed by atoms with Gasteiger partial charge < -0.3 is 15.1 Å². The Morgan fingerprint density at radius 1 is 1.04 bits per heavy atom. The third-order valence-electron chi connectivity index (χ3n) is 4.13. The lowest BCUT2D eigenvalue weighted by molar-refractivity contribution is 0.0628. The minimum Gasteiger partial charge on any atom is -0.478 e. The van der Waals surface area contributed by atoms with Crippen molar-refractivity contribution in [3.63, 3.8) is 0 Å². The predicted molar refractivity (Wildman–Crippen MR) is 97.8 cm³/mol. The first-order valence-electron chi connectivity index (χ1n) is 7.71. The number of carbonyl (C=O) groups is 1. The van der Waals surface area contributed by atoms with Gasteiger partial charge in [0.15, 0.2) is 0 Å². The van der Waals surface area contributed by atoms with Crippen molar-refractivity contribution in [1.82, 2.24) is 4.90 Å². The highest BCUT2D eigenvalue weighted by atomic mass is 35.5. The fourth-order valence-electron chi connectivity index (χ4n) is 2.84. The highest BCUT2D eigenvalue weighted by Gasteiger charge is 2.28. The Bertz CT molecular complexity index is 646. The van der Waals surface area contributed by atoms with Crippen molar-refractivity contribution in [2.45, 2.75) is 25.0 Å². The van der Waals surface area contributed by atoms with Crippen molar-refractivity contribution in [2.24, 2.45) is 0 Å². The third kappa shape index (κ3) is 5.06. The normalized spacial score (nSPS) is 18.7. The Morgan fingerprint density at radius 2 is 1.62 bits per heavy atom. The molecule has 3 rings (SSSR count). The number of likely N-dealkylation sites (N-methyl/N-ethyl adjacent to an activating group) is 1. The Kier molecular flexibility index (Phi) is 7.92. The first-order valence-corrected chi connectivity index (χ1v) is 7.71. The maximum absolute atomic E-state index is 10.2. The Balaban J connectivity index is 0.000000252. The van der Waals surface area contributed by atoms with Crippen LogP contribution in [0.1, 0.15) is 34.0 Å². The van der Waals surface area contributed by atoms with Gasteiger partial charge in [0, 0.05) is 6.04 Å². The molecule has 2 aromatic rings. The number of carboxylic acid groups (broad SMARTS) is 1. The number of nitrogens with zero attached hydrogens (tertiary/aromatic N) is 1. The zero-order valence-electron chi connectivity index (χ0n) is 13.9. The molecule has 5 heteroatoms. The average Bonchev–Trinajstić information content (AvgIpc) is 2.56. The molecular weight excluding hydrogens is 326 g/mol. The summed E-state index contributed by atoms with van der Waals surface area (Å²) in [5, 5.41) is 18.5. The van der Waals surface area contributed by atoms with Crippen molar-refractivity contribution in [3.8, 4) is 0 Å². The van der Waals surface area contributed by atoms with Crippen LogP contribution in [0.25, 0.3) is 0 Å². The van der Waals surface area contributed by atoms with E-state index in [2.05, 4.69) is 11.0 Å². The molecule has 2 N–H and O–H groups in total. The maximum Gasteiger partial charge on any atom is 0.335 e. The second-order valence-corrected chi connectivity index (χ2v) is 5.88. The summed E-state index contributed by atoms with van der Waals surface area (Å²) in [5.41, 5.74) is 2.74. The van der Waals surface area contributed by atoms with E-state index in [1.807, 2.05) is 32.3 Å². The molecule has 0 aromatic heterocycles. The van der Waals surface area contributed by atoms with E-state index in [4.69, 9.17) is 5.11 Å². The third-order valence-corrected chi connectivity index (χ3v) is 4.13. The molecule has 0 saturated carbocycles. The number of carboxylic acids is 1. The number of aromatic carboxylic acids is 1. The first kappa shape index (κ1) is 20.2. The Labute approximate surface area is 149 Å². The summed E-state index contributed by atoms with van der Waals surface area (Å²) in [4.78, 5) is 12.3. The van der Waals surface area contributed by atoms with Crippen LogP contribution in [0.15, 0.2) is 54.6 Å². The van der Waals surface area contributed by atoms with Crippen molar-refractivity contribution >= 4 is 18.4 Å². The molecule has 130 valence electrons. The summed E-state index contributed by atoms with van der Waals surface area (Å²) < 4.78 is 0. The minimum absolute atomic E-state index is 0. The van der Waals surface area contributed by atoms with Crippen LogP contribution in [0, 0.1) is 0 Å². The Hall–Kier alpha value is -1.88. The number of aliphatic hydroxyl groups is 1. The van der Waals surface area contributed by atoms with Crippen LogP contribution in [-0.2, 0) is 6.42 Å². The van der Waals surface area contributed by atoms with Crippen molar-refractivity contribution in [2.75, 3.05) is 14.1 Å². The van der Waals surface area contributed by atoms with Gasteiger partial charge in [-0.25, -0.2) is 4.79 Å². The van der Waals surface area contributed by atoms with E-state index in [0.717, 1.165) is 18.4 Å². The van der Waals surface area contributed by atoms with Crippen LogP contribution in [0.4, 0.5) is 0 Å². The largest absolute Gasteiger partial charge is 0.478 e. The van der Waals surface area contributed by atoms with E-state index in [1.54, 1.807) is 30.3 Å². The van der Waals surface area contributed by atoms with Crippen molar-refractivity contribution < 1.29 is 15.0 Å². The summed E-state index contributed by atoms with van der Waals surface area (Å²) in [6.07, 6.45) is 1.80. The molecule has 0 radical (unpaired) electrons. The van der Waals surface area contributed by atoms with Crippen LogP contribution in [0.2, 0.25) is 0 Å². The predicted octanol–water partition coefficient (Wildman–Crippen LogP) is 3.40. The fourth-order valence-corrected chi connectivity index (χ4v) is 2.84. The molecule has 24 heavy (non-hydrogen) atoms. The lowest BCUT2D eigenvalue weighted by Crippen LogP contribution is -2.37. The Morgan fingerprint density at radius 3 is 2.17 bits per heavy atom. The number of rotatable bonds is 2. The molecule has 2 aromatic carbocycles. The number of halogens is 1. The summed E-state index contributed by atoms with van der Waals surface area (Å²) in [6.45, 7) is 0. The second kappa shape index (κ2) is 9.42. The van der Waals surface area contributed by atoms with E-state index in [9.17, 15) is 9.90 Å². The zero-order valence-corrected chi connectivity index (χ0v) is 14.7. The molecular formula is C19H24ClNO3. The number of aliphatic hydroxyl groups excluding tert-OH is 1. The standard InChI is InChI=1S/C12H17NO.C7H6O2.ClH/c1-13(2)11-8-7-9-5-3-4-6-10(9)12(11)14;8-7(9)6-4-2-1-3-5-6;/h3-6,11-12,14H,7-8H2,1-2H3;1-5H,(H,8,9);1H/t11-,12-;;/m1../s1.